The number of aromatic hydroxyl groups is 1. The lowest BCUT2D eigenvalue weighted by Crippen LogP contribution is -2.30. The first kappa shape index (κ1) is 11.3. The van der Waals surface area contributed by atoms with Crippen molar-refractivity contribution in [1.29, 1.82) is 0 Å². The lowest BCUT2D eigenvalue weighted by atomic mass is 10.2. The zero-order chi connectivity index (χ0) is 11.3. The Balaban J connectivity index is 2.60. The number of urea groups is 1. The smallest absolute Gasteiger partial charge is 0.319 e. The van der Waals surface area contributed by atoms with E-state index in [0.717, 1.165) is 5.56 Å². The van der Waals surface area contributed by atoms with E-state index in [2.05, 4.69) is 10.6 Å². The monoisotopic (exact) mass is 210 g/mol. The summed E-state index contributed by atoms with van der Waals surface area (Å²) < 4.78 is 0. The lowest BCUT2D eigenvalue weighted by Gasteiger charge is -2.08. The third-order valence-electron chi connectivity index (χ3n) is 1.80. The first-order chi connectivity index (χ1) is 7.13. The van der Waals surface area contributed by atoms with Crippen LogP contribution in [0.5, 0.6) is 5.75 Å². The molecule has 0 aliphatic rings. The Bertz CT molecular complexity index is 353. The number of phenolic OH excluding ortho intramolecular Hbond substituents is 1. The molecular formula is C10H14N2O3. The SMILES string of the molecule is Cc1ccc(NC(=O)NCCO)c(O)c1. The zero-order valence-corrected chi connectivity index (χ0v) is 8.45. The van der Waals surface area contributed by atoms with Crippen molar-refractivity contribution < 1.29 is 15.0 Å². The van der Waals surface area contributed by atoms with Gasteiger partial charge in [0.1, 0.15) is 5.75 Å². The second kappa shape index (κ2) is 5.21. The van der Waals surface area contributed by atoms with Gasteiger partial charge in [-0.15, -0.1) is 0 Å². The van der Waals surface area contributed by atoms with Crippen LogP contribution in [0.3, 0.4) is 0 Å². The number of carbonyl (C=O) groups excluding carboxylic acids is 1. The van der Waals surface area contributed by atoms with Gasteiger partial charge in [0.05, 0.1) is 12.3 Å². The molecule has 0 saturated carbocycles. The van der Waals surface area contributed by atoms with Crippen molar-refractivity contribution in [1.82, 2.24) is 5.32 Å². The first-order valence-electron chi connectivity index (χ1n) is 4.59. The van der Waals surface area contributed by atoms with Gasteiger partial charge in [0.2, 0.25) is 0 Å². The number of aliphatic hydroxyl groups excluding tert-OH is 1. The summed E-state index contributed by atoms with van der Waals surface area (Å²) in [6, 6.07) is 4.50. The van der Waals surface area contributed by atoms with E-state index in [-0.39, 0.29) is 18.9 Å². The first-order valence-corrected chi connectivity index (χ1v) is 4.59. The molecule has 0 bridgehead atoms. The fourth-order valence-corrected chi connectivity index (χ4v) is 1.08. The number of hydrogen-bond acceptors (Lipinski definition) is 3. The van der Waals surface area contributed by atoms with Gasteiger partial charge < -0.3 is 20.8 Å². The molecule has 1 rings (SSSR count). The molecule has 0 aromatic heterocycles. The van der Waals surface area contributed by atoms with Crippen molar-refractivity contribution in [2.75, 3.05) is 18.5 Å². The van der Waals surface area contributed by atoms with E-state index >= 15 is 0 Å². The molecule has 0 spiro atoms. The Morgan fingerprint density at radius 1 is 1.47 bits per heavy atom. The maximum atomic E-state index is 11.2. The largest absolute Gasteiger partial charge is 0.506 e. The average molecular weight is 210 g/mol. The van der Waals surface area contributed by atoms with Gasteiger partial charge in [-0.2, -0.15) is 0 Å². The number of hydrogen-bond donors (Lipinski definition) is 4. The summed E-state index contributed by atoms with van der Waals surface area (Å²) in [5.74, 6) is 0.0224. The number of nitrogens with one attached hydrogen (secondary N) is 2. The van der Waals surface area contributed by atoms with Crippen LogP contribution in [0.2, 0.25) is 0 Å². The van der Waals surface area contributed by atoms with Crippen molar-refractivity contribution in [3.63, 3.8) is 0 Å². The minimum Gasteiger partial charge on any atom is -0.506 e. The molecular weight excluding hydrogens is 196 g/mol. The number of aliphatic hydroxyl groups is 1. The molecule has 0 heterocycles. The summed E-state index contributed by atoms with van der Waals surface area (Å²) in [7, 11) is 0. The molecule has 4 N–H and O–H groups in total. The minimum atomic E-state index is -0.455. The van der Waals surface area contributed by atoms with Crippen LogP contribution in [0.25, 0.3) is 0 Å². The van der Waals surface area contributed by atoms with E-state index < -0.39 is 6.03 Å². The van der Waals surface area contributed by atoms with Crippen LogP contribution >= 0.6 is 0 Å². The molecule has 1 aromatic carbocycles. The zero-order valence-electron chi connectivity index (χ0n) is 8.45. The molecule has 0 saturated heterocycles. The number of aryl methyl sites for hydroxylation is 1. The summed E-state index contributed by atoms with van der Waals surface area (Å²) in [6.45, 7) is 1.90. The fraction of sp³-hybridized carbons (Fsp3) is 0.300. The second-order valence-corrected chi connectivity index (χ2v) is 3.13. The van der Waals surface area contributed by atoms with Crippen molar-refractivity contribution in [2.24, 2.45) is 0 Å². The van der Waals surface area contributed by atoms with Crippen LogP contribution in [0, 0.1) is 6.92 Å². The molecule has 0 fully saturated rings. The van der Waals surface area contributed by atoms with Gasteiger partial charge in [0, 0.05) is 6.54 Å². The van der Waals surface area contributed by atoms with E-state index in [4.69, 9.17) is 5.11 Å². The Morgan fingerprint density at radius 2 is 2.20 bits per heavy atom. The van der Waals surface area contributed by atoms with Crippen LogP contribution in [-0.4, -0.2) is 29.4 Å². The Hall–Kier alpha value is -1.75. The van der Waals surface area contributed by atoms with E-state index in [1.165, 1.54) is 0 Å². The molecule has 5 nitrogen and oxygen atoms in total. The molecule has 5 heteroatoms. The van der Waals surface area contributed by atoms with Gasteiger partial charge in [0.15, 0.2) is 0 Å². The Morgan fingerprint density at radius 3 is 2.80 bits per heavy atom. The predicted octanol–water partition coefficient (Wildman–Crippen LogP) is 0.814. The number of benzene rings is 1. The van der Waals surface area contributed by atoms with Crippen molar-refractivity contribution >= 4 is 11.7 Å². The Kier molecular flexibility index (Phi) is 3.93. The van der Waals surface area contributed by atoms with Gasteiger partial charge in [0.25, 0.3) is 0 Å². The van der Waals surface area contributed by atoms with Gasteiger partial charge >= 0.3 is 6.03 Å². The lowest BCUT2D eigenvalue weighted by molar-refractivity contribution is 0.244. The van der Waals surface area contributed by atoms with Gasteiger partial charge in [-0.25, -0.2) is 4.79 Å². The third kappa shape index (κ3) is 3.47. The highest BCUT2D eigenvalue weighted by atomic mass is 16.3. The fourth-order valence-electron chi connectivity index (χ4n) is 1.08. The predicted molar refractivity (Wildman–Crippen MR) is 57.0 cm³/mol. The summed E-state index contributed by atoms with van der Waals surface area (Å²) >= 11 is 0. The maximum Gasteiger partial charge on any atom is 0.319 e. The average Bonchev–Trinajstić information content (AvgIpc) is 2.19. The molecule has 15 heavy (non-hydrogen) atoms. The topological polar surface area (TPSA) is 81.6 Å². The quantitative estimate of drug-likeness (QED) is 0.557. The van der Waals surface area contributed by atoms with E-state index in [1.807, 2.05) is 6.92 Å². The van der Waals surface area contributed by atoms with E-state index in [9.17, 15) is 9.90 Å². The molecule has 0 aliphatic carbocycles. The Labute approximate surface area is 87.7 Å². The van der Waals surface area contributed by atoms with Gasteiger partial charge in [-0.05, 0) is 24.6 Å². The third-order valence-corrected chi connectivity index (χ3v) is 1.80. The number of anilines is 1. The van der Waals surface area contributed by atoms with Crippen LogP contribution in [-0.2, 0) is 0 Å². The van der Waals surface area contributed by atoms with Crippen molar-refractivity contribution in [3.05, 3.63) is 23.8 Å². The standard InChI is InChI=1S/C10H14N2O3/c1-7-2-3-8(9(14)6-7)12-10(15)11-4-5-13/h2-3,6,13-14H,4-5H2,1H3,(H2,11,12,15). The molecule has 0 unspecified atom stereocenters. The van der Waals surface area contributed by atoms with Crippen LogP contribution in [0.1, 0.15) is 5.56 Å². The van der Waals surface area contributed by atoms with Crippen molar-refractivity contribution in [2.45, 2.75) is 6.92 Å². The minimum absolute atomic E-state index is 0.0224. The summed E-state index contributed by atoms with van der Waals surface area (Å²) in [5.41, 5.74) is 1.25. The van der Waals surface area contributed by atoms with E-state index in [1.54, 1.807) is 18.2 Å². The molecule has 2 amide bonds. The van der Waals surface area contributed by atoms with Gasteiger partial charge in [-0.3, -0.25) is 0 Å². The number of amides is 2. The molecule has 82 valence electrons. The van der Waals surface area contributed by atoms with Crippen LogP contribution in [0.4, 0.5) is 10.5 Å². The highest BCUT2D eigenvalue weighted by Gasteiger charge is 2.04. The highest BCUT2D eigenvalue weighted by molar-refractivity contribution is 5.90. The van der Waals surface area contributed by atoms with Gasteiger partial charge in [-0.1, -0.05) is 6.07 Å². The second-order valence-electron chi connectivity index (χ2n) is 3.13. The number of carbonyl (C=O) groups is 1. The molecule has 0 aliphatic heterocycles. The molecule has 0 radical (unpaired) electrons. The van der Waals surface area contributed by atoms with E-state index in [0.29, 0.717) is 5.69 Å². The molecule has 1 aromatic rings. The summed E-state index contributed by atoms with van der Waals surface area (Å²) in [5, 5.41) is 22.8. The normalized spacial score (nSPS) is 9.73. The number of rotatable bonds is 3. The maximum absolute atomic E-state index is 11.2. The molecule has 0 atom stereocenters. The van der Waals surface area contributed by atoms with Crippen molar-refractivity contribution in [3.8, 4) is 5.75 Å². The summed E-state index contributed by atoms with van der Waals surface area (Å²) in [4.78, 5) is 11.2. The highest BCUT2D eigenvalue weighted by Crippen LogP contribution is 2.23. The number of phenols is 1. The van der Waals surface area contributed by atoms with Crippen LogP contribution in [0.15, 0.2) is 18.2 Å². The summed E-state index contributed by atoms with van der Waals surface area (Å²) in [6.07, 6.45) is 0. The van der Waals surface area contributed by atoms with Crippen LogP contribution < -0.4 is 10.6 Å².